The van der Waals surface area contributed by atoms with Gasteiger partial charge in [-0.2, -0.15) is 11.8 Å². The molecule has 1 rings (SSSR count). The van der Waals surface area contributed by atoms with Crippen molar-refractivity contribution in [1.82, 2.24) is 15.5 Å². The highest BCUT2D eigenvalue weighted by Crippen LogP contribution is 2.23. The van der Waals surface area contributed by atoms with Gasteiger partial charge in [0.25, 0.3) is 0 Å². The minimum atomic E-state index is 0.532. The van der Waals surface area contributed by atoms with Crippen molar-refractivity contribution in [3.8, 4) is 0 Å². The molecule has 1 atom stereocenters. The van der Waals surface area contributed by atoms with Gasteiger partial charge in [-0.3, -0.25) is 0 Å². The SMILES string of the molecule is CSCC(C)c1nnc(CCCNC(C)C)s1. The maximum absolute atomic E-state index is 4.28. The molecule has 0 aliphatic rings. The number of aryl methyl sites for hydroxylation is 1. The van der Waals surface area contributed by atoms with Gasteiger partial charge in [-0.25, -0.2) is 0 Å². The monoisotopic (exact) mass is 273 g/mol. The van der Waals surface area contributed by atoms with Gasteiger partial charge in [0.1, 0.15) is 10.0 Å². The van der Waals surface area contributed by atoms with Gasteiger partial charge in [0.2, 0.25) is 0 Å². The minimum Gasteiger partial charge on any atom is -0.315 e. The second-order valence-electron chi connectivity index (χ2n) is 4.60. The van der Waals surface area contributed by atoms with Crippen LogP contribution in [0.4, 0.5) is 0 Å². The molecule has 1 aromatic heterocycles. The number of hydrogen-bond acceptors (Lipinski definition) is 5. The highest BCUT2D eigenvalue weighted by Gasteiger charge is 2.11. The Morgan fingerprint density at radius 1 is 1.29 bits per heavy atom. The largest absolute Gasteiger partial charge is 0.315 e. The lowest BCUT2D eigenvalue weighted by molar-refractivity contribution is 0.569. The summed E-state index contributed by atoms with van der Waals surface area (Å²) in [6.45, 7) is 7.63. The maximum Gasteiger partial charge on any atom is 0.121 e. The molecule has 0 aliphatic heterocycles. The van der Waals surface area contributed by atoms with Gasteiger partial charge in [0.15, 0.2) is 0 Å². The van der Waals surface area contributed by atoms with Crippen molar-refractivity contribution in [1.29, 1.82) is 0 Å². The molecule has 0 saturated carbocycles. The first-order chi connectivity index (χ1) is 8.13. The molecule has 1 N–H and O–H groups in total. The molecule has 0 aliphatic carbocycles. The van der Waals surface area contributed by atoms with Gasteiger partial charge in [0, 0.05) is 24.1 Å². The van der Waals surface area contributed by atoms with Crippen molar-refractivity contribution in [2.24, 2.45) is 0 Å². The second-order valence-corrected chi connectivity index (χ2v) is 6.61. The third kappa shape index (κ3) is 5.84. The fourth-order valence-electron chi connectivity index (χ4n) is 1.52. The first kappa shape index (κ1) is 14.9. The van der Waals surface area contributed by atoms with Gasteiger partial charge in [-0.15, -0.1) is 21.5 Å². The number of thioether (sulfide) groups is 1. The summed E-state index contributed by atoms with van der Waals surface area (Å²) in [6, 6.07) is 0.571. The van der Waals surface area contributed by atoms with E-state index in [4.69, 9.17) is 0 Å². The van der Waals surface area contributed by atoms with Gasteiger partial charge in [-0.1, -0.05) is 20.8 Å². The molecule has 1 unspecified atom stereocenters. The molecule has 0 aromatic carbocycles. The van der Waals surface area contributed by atoms with Crippen LogP contribution in [0.2, 0.25) is 0 Å². The predicted molar refractivity (Wildman–Crippen MR) is 78.2 cm³/mol. The average molecular weight is 273 g/mol. The third-order valence-electron chi connectivity index (χ3n) is 2.44. The van der Waals surface area contributed by atoms with Crippen LogP contribution in [0.15, 0.2) is 0 Å². The summed E-state index contributed by atoms with van der Waals surface area (Å²) in [5, 5.41) is 14.3. The highest BCUT2D eigenvalue weighted by atomic mass is 32.2. The lowest BCUT2D eigenvalue weighted by Gasteiger charge is -2.06. The summed E-state index contributed by atoms with van der Waals surface area (Å²) < 4.78 is 0. The van der Waals surface area contributed by atoms with Crippen molar-refractivity contribution in [3.05, 3.63) is 10.0 Å². The lowest BCUT2D eigenvalue weighted by Crippen LogP contribution is -2.23. The van der Waals surface area contributed by atoms with E-state index in [0.29, 0.717) is 12.0 Å². The molecule has 98 valence electrons. The number of rotatable bonds is 8. The Kier molecular flexibility index (Phi) is 7.08. The summed E-state index contributed by atoms with van der Waals surface area (Å²) in [6.07, 6.45) is 4.32. The zero-order chi connectivity index (χ0) is 12.7. The van der Waals surface area contributed by atoms with Crippen LogP contribution in [0.3, 0.4) is 0 Å². The summed E-state index contributed by atoms with van der Waals surface area (Å²) in [4.78, 5) is 0. The van der Waals surface area contributed by atoms with E-state index in [1.165, 1.54) is 10.0 Å². The Hall–Kier alpha value is -0.130. The van der Waals surface area contributed by atoms with Crippen LogP contribution in [-0.2, 0) is 6.42 Å². The molecule has 0 amide bonds. The average Bonchev–Trinajstić information content (AvgIpc) is 2.73. The van der Waals surface area contributed by atoms with E-state index >= 15 is 0 Å². The van der Waals surface area contributed by atoms with E-state index in [-0.39, 0.29) is 0 Å². The Balaban J connectivity index is 2.30. The minimum absolute atomic E-state index is 0.532. The predicted octanol–water partition coefficient (Wildman–Crippen LogP) is 2.94. The van der Waals surface area contributed by atoms with Crippen molar-refractivity contribution in [2.75, 3.05) is 18.6 Å². The zero-order valence-corrected chi connectivity index (χ0v) is 12.8. The fraction of sp³-hybridized carbons (Fsp3) is 0.833. The van der Waals surface area contributed by atoms with Crippen molar-refractivity contribution in [3.63, 3.8) is 0 Å². The number of hydrogen-bond donors (Lipinski definition) is 1. The summed E-state index contributed by atoms with van der Waals surface area (Å²) in [5.74, 6) is 1.66. The highest BCUT2D eigenvalue weighted by molar-refractivity contribution is 7.98. The van der Waals surface area contributed by atoms with E-state index in [1.807, 2.05) is 11.8 Å². The maximum atomic E-state index is 4.28. The van der Waals surface area contributed by atoms with Gasteiger partial charge < -0.3 is 5.32 Å². The van der Waals surface area contributed by atoms with E-state index in [9.17, 15) is 0 Å². The van der Waals surface area contributed by atoms with E-state index in [0.717, 1.165) is 25.1 Å². The first-order valence-corrected chi connectivity index (χ1v) is 8.39. The van der Waals surface area contributed by atoms with Crippen LogP contribution in [0, 0.1) is 0 Å². The number of nitrogens with zero attached hydrogens (tertiary/aromatic N) is 2. The number of nitrogens with one attached hydrogen (secondary N) is 1. The quantitative estimate of drug-likeness (QED) is 0.739. The Bertz CT molecular complexity index is 312. The first-order valence-electron chi connectivity index (χ1n) is 6.18. The van der Waals surface area contributed by atoms with Crippen LogP contribution in [0.25, 0.3) is 0 Å². The lowest BCUT2D eigenvalue weighted by atomic mass is 10.2. The standard InChI is InChI=1S/C12H23N3S2/c1-9(2)13-7-5-6-11-14-15-12(17-11)10(3)8-16-4/h9-10,13H,5-8H2,1-4H3. The molecule has 0 radical (unpaired) electrons. The van der Waals surface area contributed by atoms with Crippen LogP contribution in [-0.4, -0.2) is 34.8 Å². The fourth-order valence-corrected chi connectivity index (χ4v) is 3.22. The molecule has 1 heterocycles. The van der Waals surface area contributed by atoms with Crippen LogP contribution in [0.5, 0.6) is 0 Å². The summed E-state index contributed by atoms with van der Waals surface area (Å²) in [7, 11) is 0. The summed E-state index contributed by atoms with van der Waals surface area (Å²) in [5.41, 5.74) is 0. The van der Waals surface area contributed by atoms with Gasteiger partial charge >= 0.3 is 0 Å². The second kappa shape index (κ2) is 8.06. The molecule has 3 nitrogen and oxygen atoms in total. The number of aromatic nitrogens is 2. The molecular formula is C12H23N3S2. The Labute approximate surface area is 113 Å². The summed E-state index contributed by atoms with van der Waals surface area (Å²) >= 11 is 3.64. The Morgan fingerprint density at radius 2 is 2.06 bits per heavy atom. The molecular weight excluding hydrogens is 250 g/mol. The topological polar surface area (TPSA) is 37.8 Å². The smallest absolute Gasteiger partial charge is 0.121 e. The van der Waals surface area contributed by atoms with Crippen LogP contribution < -0.4 is 5.32 Å². The normalized spacial score (nSPS) is 13.2. The molecule has 0 saturated heterocycles. The Morgan fingerprint density at radius 3 is 2.71 bits per heavy atom. The molecule has 0 spiro atoms. The van der Waals surface area contributed by atoms with Crippen molar-refractivity contribution in [2.45, 2.75) is 45.6 Å². The van der Waals surface area contributed by atoms with Crippen LogP contribution in [0.1, 0.15) is 43.1 Å². The van der Waals surface area contributed by atoms with Crippen LogP contribution >= 0.6 is 23.1 Å². The van der Waals surface area contributed by atoms with Crippen molar-refractivity contribution >= 4 is 23.1 Å². The zero-order valence-electron chi connectivity index (χ0n) is 11.2. The molecule has 0 fully saturated rings. The van der Waals surface area contributed by atoms with Crippen molar-refractivity contribution < 1.29 is 0 Å². The van der Waals surface area contributed by atoms with Gasteiger partial charge in [-0.05, 0) is 19.2 Å². The van der Waals surface area contributed by atoms with Gasteiger partial charge in [0.05, 0.1) is 0 Å². The molecule has 17 heavy (non-hydrogen) atoms. The molecule has 0 bridgehead atoms. The third-order valence-corrected chi connectivity index (χ3v) is 4.49. The molecule has 1 aromatic rings. The molecule has 5 heteroatoms. The van der Waals surface area contributed by atoms with E-state index in [1.54, 1.807) is 11.3 Å². The van der Waals surface area contributed by atoms with E-state index in [2.05, 4.69) is 42.5 Å². The van der Waals surface area contributed by atoms with E-state index < -0.39 is 0 Å².